The van der Waals surface area contributed by atoms with Gasteiger partial charge in [-0.25, -0.2) is 4.98 Å². The smallest absolute Gasteiger partial charge is 0.406 e. The zero-order valence-corrected chi connectivity index (χ0v) is 12.0. The predicted octanol–water partition coefficient (Wildman–Crippen LogP) is 2.11. The molecule has 0 saturated heterocycles. The van der Waals surface area contributed by atoms with E-state index in [4.69, 9.17) is 5.73 Å². The summed E-state index contributed by atoms with van der Waals surface area (Å²) in [5, 5.41) is 0. The molecule has 0 aliphatic carbocycles. The standard InChI is InChI=1S/C14H13F3N4O2/c1-21(12-7-19-6-11(20-12)13(18)22)8-9-3-2-4-10(5-9)23-14(15,16)17/h2-7H,8H2,1H3,(H2,18,22). The van der Waals surface area contributed by atoms with Crippen molar-refractivity contribution in [2.24, 2.45) is 5.73 Å². The number of alkyl halides is 3. The van der Waals surface area contributed by atoms with E-state index in [1.165, 1.54) is 30.6 Å². The van der Waals surface area contributed by atoms with Gasteiger partial charge in [0.05, 0.1) is 12.4 Å². The number of rotatable bonds is 5. The summed E-state index contributed by atoms with van der Waals surface area (Å²) >= 11 is 0. The Bertz CT molecular complexity index is 706. The molecule has 0 atom stereocenters. The molecular weight excluding hydrogens is 313 g/mol. The lowest BCUT2D eigenvalue weighted by Gasteiger charge is -2.18. The van der Waals surface area contributed by atoms with Crippen LogP contribution in [0.15, 0.2) is 36.7 Å². The number of halogens is 3. The van der Waals surface area contributed by atoms with Gasteiger partial charge in [0.15, 0.2) is 0 Å². The zero-order valence-electron chi connectivity index (χ0n) is 12.0. The number of hydrogen-bond acceptors (Lipinski definition) is 5. The van der Waals surface area contributed by atoms with E-state index in [2.05, 4.69) is 14.7 Å². The van der Waals surface area contributed by atoms with Crippen LogP contribution >= 0.6 is 0 Å². The van der Waals surface area contributed by atoms with Gasteiger partial charge in [-0.3, -0.25) is 9.78 Å². The first-order chi connectivity index (χ1) is 10.7. The molecule has 2 aromatic rings. The molecule has 0 fully saturated rings. The average Bonchev–Trinajstić information content (AvgIpc) is 2.46. The number of carbonyl (C=O) groups excluding carboxylic acids is 1. The van der Waals surface area contributed by atoms with Crippen LogP contribution in [0.4, 0.5) is 19.0 Å². The highest BCUT2D eigenvalue weighted by atomic mass is 19.4. The number of carbonyl (C=O) groups is 1. The third kappa shape index (κ3) is 4.83. The molecule has 1 aromatic carbocycles. The lowest BCUT2D eigenvalue weighted by Crippen LogP contribution is -2.21. The van der Waals surface area contributed by atoms with Crippen LogP contribution in [0.5, 0.6) is 5.75 Å². The normalized spacial score (nSPS) is 11.1. The fourth-order valence-electron chi connectivity index (χ4n) is 1.85. The van der Waals surface area contributed by atoms with E-state index < -0.39 is 12.3 Å². The maximum absolute atomic E-state index is 12.2. The van der Waals surface area contributed by atoms with Crippen LogP contribution in [-0.2, 0) is 6.54 Å². The van der Waals surface area contributed by atoms with E-state index in [0.717, 1.165) is 0 Å². The van der Waals surface area contributed by atoms with E-state index in [0.29, 0.717) is 11.4 Å². The van der Waals surface area contributed by atoms with Crippen molar-refractivity contribution in [3.63, 3.8) is 0 Å². The van der Waals surface area contributed by atoms with Gasteiger partial charge in [-0.1, -0.05) is 12.1 Å². The first-order valence-electron chi connectivity index (χ1n) is 6.42. The summed E-state index contributed by atoms with van der Waals surface area (Å²) in [6.45, 7) is 0.242. The molecule has 2 N–H and O–H groups in total. The van der Waals surface area contributed by atoms with Crippen LogP contribution in [0.3, 0.4) is 0 Å². The number of hydrogen-bond donors (Lipinski definition) is 1. The van der Waals surface area contributed by atoms with Crippen LogP contribution in [0, 0.1) is 0 Å². The summed E-state index contributed by atoms with van der Waals surface area (Å²) in [5.41, 5.74) is 5.70. The first-order valence-corrected chi connectivity index (χ1v) is 6.42. The van der Waals surface area contributed by atoms with Crippen molar-refractivity contribution in [3.8, 4) is 5.75 Å². The van der Waals surface area contributed by atoms with Gasteiger partial charge in [-0.05, 0) is 17.7 Å². The largest absolute Gasteiger partial charge is 0.573 e. The Kier molecular flexibility index (Phi) is 4.68. The summed E-state index contributed by atoms with van der Waals surface area (Å²) in [4.78, 5) is 20.6. The molecule has 9 heteroatoms. The molecule has 0 aliphatic rings. The van der Waals surface area contributed by atoms with E-state index in [-0.39, 0.29) is 18.0 Å². The molecule has 0 aliphatic heterocycles. The summed E-state index contributed by atoms with van der Waals surface area (Å²) in [6.07, 6.45) is -2.09. The number of benzene rings is 1. The lowest BCUT2D eigenvalue weighted by molar-refractivity contribution is -0.274. The number of ether oxygens (including phenoxy) is 1. The number of anilines is 1. The number of primary amides is 1. The van der Waals surface area contributed by atoms with Crippen molar-refractivity contribution in [1.29, 1.82) is 0 Å². The third-order valence-corrected chi connectivity index (χ3v) is 2.82. The molecule has 0 bridgehead atoms. The Morgan fingerprint density at radius 3 is 2.74 bits per heavy atom. The van der Waals surface area contributed by atoms with E-state index in [9.17, 15) is 18.0 Å². The molecule has 0 unspecified atom stereocenters. The van der Waals surface area contributed by atoms with Crippen molar-refractivity contribution in [3.05, 3.63) is 47.9 Å². The van der Waals surface area contributed by atoms with Crippen LogP contribution in [0.25, 0.3) is 0 Å². The van der Waals surface area contributed by atoms with Crippen molar-refractivity contribution < 1.29 is 22.7 Å². The molecule has 0 radical (unpaired) electrons. The molecule has 122 valence electrons. The maximum atomic E-state index is 12.2. The molecule has 0 spiro atoms. The Hall–Kier alpha value is -2.84. The molecular formula is C14H13F3N4O2. The van der Waals surface area contributed by atoms with Crippen molar-refractivity contribution in [2.45, 2.75) is 12.9 Å². The summed E-state index contributed by atoms with van der Waals surface area (Å²) < 4.78 is 40.6. The Morgan fingerprint density at radius 2 is 2.09 bits per heavy atom. The van der Waals surface area contributed by atoms with Crippen LogP contribution < -0.4 is 15.4 Å². The van der Waals surface area contributed by atoms with E-state index >= 15 is 0 Å². The molecule has 1 heterocycles. The van der Waals surface area contributed by atoms with Gasteiger partial charge in [0.1, 0.15) is 17.3 Å². The number of aromatic nitrogens is 2. The monoisotopic (exact) mass is 326 g/mol. The van der Waals surface area contributed by atoms with E-state index in [1.807, 2.05) is 0 Å². The molecule has 23 heavy (non-hydrogen) atoms. The van der Waals surface area contributed by atoms with Gasteiger partial charge in [-0.15, -0.1) is 13.2 Å². The fourth-order valence-corrected chi connectivity index (χ4v) is 1.85. The predicted molar refractivity (Wildman–Crippen MR) is 75.8 cm³/mol. The van der Waals surface area contributed by atoms with Gasteiger partial charge in [-0.2, -0.15) is 0 Å². The Balaban J connectivity index is 2.14. The van der Waals surface area contributed by atoms with Gasteiger partial charge in [0, 0.05) is 13.6 Å². The molecule has 1 amide bonds. The second-order valence-electron chi connectivity index (χ2n) is 4.68. The summed E-state index contributed by atoms with van der Waals surface area (Å²) in [5.74, 6) is -0.655. The van der Waals surface area contributed by atoms with Crippen LogP contribution in [0.2, 0.25) is 0 Å². The Labute approximate surface area is 129 Å². The number of nitrogens with zero attached hydrogens (tertiary/aromatic N) is 3. The first kappa shape index (κ1) is 16.5. The third-order valence-electron chi connectivity index (χ3n) is 2.82. The minimum Gasteiger partial charge on any atom is -0.406 e. The van der Waals surface area contributed by atoms with Gasteiger partial charge < -0.3 is 15.4 Å². The average molecular weight is 326 g/mol. The fraction of sp³-hybridized carbons (Fsp3) is 0.214. The lowest BCUT2D eigenvalue weighted by atomic mass is 10.2. The van der Waals surface area contributed by atoms with Crippen molar-refractivity contribution in [2.75, 3.05) is 11.9 Å². The molecule has 1 aromatic heterocycles. The number of nitrogens with two attached hydrogens (primary N) is 1. The second-order valence-corrected chi connectivity index (χ2v) is 4.68. The van der Waals surface area contributed by atoms with Crippen LogP contribution in [0.1, 0.15) is 16.1 Å². The quantitative estimate of drug-likeness (QED) is 0.910. The molecule has 2 rings (SSSR count). The highest BCUT2D eigenvalue weighted by molar-refractivity contribution is 5.90. The minimum atomic E-state index is -4.74. The van der Waals surface area contributed by atoms with Crippen molar-refractivity contribution in [1.82, 2.24) is 9.97 Å². The number of amides is 1. The van der Waals surface area contributed by atoms with Gasteiger partial charge in [0.25, 0.3) is 5.91 Å². The summed E-state index contributed by atoms with van der Waals surface area (Å²) in [7, 11) is 1.66. The van der Waals surface area contributed by atoms with Gasteiger partial charge >= 0.3 is 6.36 Å². The second kappa shape index (κ2) is 6.51. The molecule has 6 nitrogen and oxygen atoms in total. The maximum Gasteiger partial charge on any atom is 0.573 e. The Morgan fingerprint density at radius 1 is 1.35 bits per heavy atom. The van der Waals surface area contributed by atoms with E-state index in [1.54, 1.807) is 18.0 Å². The minimum absolute atomic E-state index is 0.00325. The SMILES string of the molecule is CN(Cc1cccc(OC(F)(F)F)c1)c1cncc(C(N)=O)n1. The zero-order chi connectivity index (χ0) is 17.0. The highest BCUT2D eigenvalue weighted by Gasteiger charge is 2.31. The van der Waals surface area contributed by atoms with Crippen molar-refractivity contribution >= 4 is 11.7 Å². The topological polar surface area (TPSA) is 81.3 Å². The highest BCUT2D eigenvalue weighted by Crippen LogP contribution is 2.24. The summed E-state index contributed by atoms with van der Waals surface area (Å²) in [6, 6.07) is 5.58. The van der Waals surface area contributed by atoms with Gasteiger partial charge in [0.2, 0.25) is 0 Å². The van der Waals surface area contributed by atoms with Crippen LogP contribution in [-0.4, -0.2) is 29.3 Å². The molecule has 0 saturated carbocycles.